The zero-order valence-corrected chi connectivity index (χ0v) is 16.6. The minimum absolute atomic E-state index is 0.173. The van der Waals surface area contributed by atoms with E-state index < -0.39 is 11.9 Å². The fraction of sp³-hybridized carbons (Fsp3) is 0.136. The average Bonchev–Trinajstić information content (AvgIpc) is 3.12. The maximum atomic E-state index is 12.5. The third-order valence-electron chi connectivity index (χ3n) is 4.83. The van der Waals surface area contributed by atoms with Crippen molar-refractivity contribution >= 4 is 34.8 Å². The lowest BCUT2D eigenvalue weighted by molar-refractivity contribution is -0.120. The number of nitrogens with two attached hydrogens (primary N) is 1. The highest BCUT2D eigenvalue weighted by atomic mass is 32.1. The van der Waals surface area contributed by atoms with Crippen molar-refractivity contribution in [2.45, 2.75) is 12.3 Å². The van der Waals surface area contributed by atoms with Crippen molar-refractivity contribution < 1.29 is 24.2 Å². The highest BCUT2D eigenvalue weighted by molar-refractivity contribution is 7.15. The molecule has 8 heteroatoms. The third-order valence-corrected chi connectivity index (χ3v) is 6.12. The Morgan fingerprint density at radius 1 is 1.13 bits per heavy atom. The number of fused-ring (bicyclic) bond motifs is 1. The van der Waals surface area contributed by atoms with E-state index in [0.717, 1.165) is 16.0 Å². The molecule has 2 heterocycles. The number of nitrogens with one attached hydrogen (secondary N) is 1. The molecule has 1 atom stereocenters. The Morgan fingerprint density at radius 3 is 2.47 bits per heavy atom. The quantitative estimate of drug-likeness (QED) is 0.562. The van der Waals surface area contributed by atoms with Crippen molar-refractivity contribution in [3.8, 4) is 16.9 Å². The maximum Gasteiger partial charge on any atom is 0.346 e. The van der Waals surface area contributed by atoms with E-state index in [9.17, 15) is 19.5 Å². The molecule has 0 saturated heterocycles. The number of anilines is 1. The van der Waals surface area contributed by atoms with Crippen LogP contribution in [0.15, 0.2) is 54.6 Å². The maximum absolute atomic E-state index is 12.5. The van der Waals surface area contributed by atoms with Crippen LogP contribution in [0.1, 0.15) is 32.5 Å². The molecule has 1 aliphatic heterocycles. The first-order chi connectivity index (χ1) is 14.4. The molecule has 4 rings (SSSR count). The molecule has 7 nitrogen and oxygen atoms in total. The Morgan fingerprint density at radius 2 is 1.83 bits per heavy atom. The molecule has 0 spiro atoms. The summed E-state index contributed by atoms with van der Waals surface area (Å²) in [6, 6.07) is 16.2. The predicted octanol–water partition coefficient (Wildman–Crippen LogP) is 3.45. The normalized spacial score (nSPS) is 15.2. The molecule has 152 valence electrons. The number of benzene rings is 2. The van der Waals surface area contributed by atoms with Gasteiger partial charge in [-0.1, -0.05) is 42.5 Å². The largest absolute Gasteiger partial charge is 0.484 e. The number of carbonyl (C=O) groups excluding carboxylic acids is 2. The fourth-order valence-electron chi connectivity index (χ4n) is 3.54. The Kier molecular flexibility index (Phi) is 5.24. The van der Waals surface area contributed by atoms with Crippen molar-refractivity contribution in [3.05, 3.63) is 69.9 Å². The van der Waals surface area contributed by atoms with Crippen molar-refractivity contribution in [2.75, 3.05) is 11.9 Å². The van der Waals surface area contributed by atoms with E-state index in [-0.39, 0.29) is 29.7 Å². The molecule has 0 fully saturated rings. The van der Waals surface area contributed by atoms with Crippen LogP contribution in [0.3, 0.4) is 0 Å². The summed E-state index contributed by atoms with van der Waals surface area (Å²) < 4.78 is 5.28. The lowest BCUT2D eigenvalue weighted by Crippen LogP contribution is -2.22. The van der Waals surface area contributed by atoms with E-state index in [1.807, 2.05) is 42.5 Å². The second-order valence-corrected chi connectivity index (χ2v) is 7.90. The number of thiophene rings is 1. The van der Waals surface area contributed by atoms with Crippen LogP contribution in [0, 0.1) is 0 Å². The lowest BCUT2D eigenvalue weighted by Gasteiger charge is -2.24. The summed E-state index contributed by atoms with van der Waals surface area (Å²) in [6.45, 7) is -0.220. The van der Waals surface area contributed by atoms with E-state index in [1.54, 1.807) is 12.1 Å². The van der Waals surface area contributed by atoms with Gasteiger partial charge in [-0.2, -0.15) is 0 Å². The van der Waals surface area contributed by atoms with Gasteiger partial charge < -0.3 is 20.9 Å². The summed E-state index contributed by atoms with van der Waals surface area (Å²) >= 11 is 1.18. The van der Waals surface area contributed by atoms with Gasteiger partial charge in [0.25, 0.3) is 5.91 Å². The molecule has 2 aromatic carbocycles. The van der Waals surface area contributed by atoms with Crippen LogP contribution in [0.25, 0.3) is 11.1 Å². The highest BCUT2D eigenvalue weighted by Crippen LogP contribution is 2.49. The first-order valence-electron chi connectivity index (χ1n) is 9.20. The summed E-state index contributed by atoms with van der Waals surface area (Å²) in [4.78, 5) is 36.3. The van der Waals surface area contributed by atoms with Crippen LogP contribution < -0.4 is 15.8 Å². The predicted molar refractivity (Wildman–Crippen MR) is 113 cm³/mol. The summed E-state index contributed by atoms with van der Waals surface area (Å²) in [7, 11) is 0. The Hall–Kier alpha value is -3.65. The number of hydrogen-bond acceptors (Lipinski definition) is 5. The second-order valence-electron chi connectivity index (χ2n) is 6.85. The van der Waals surface area contributed by atoms with Crippen molar-refractivity contribution in [2.24, 2.45) is 5.73 Å². The summed E-state index contributed by atoms with van der Waals surface area (Å²) in [6.07, 6.45) is 0.211. The number of carboxylic acid groups (broad SMARTS) is 1. The minimum atomic E-state index is -1.03. The molecule has 0 unspecified atom stereocenters. The van der Waals surface area contributed by atoms with E-state index >= 15 is 0 Å². The van der Waals surface area contributed by atoms with Gasteiger partial charge in [0.15, 0.2) is 6.61 Å². The van der Waals surface area contributed by atoms with Crippen LogP contribution in [0.2, 0.25) is 0 Å². The summed E-state index contributed by atoms with van der Waals surface area (Å²) in [5.74, 6) is -1.56. The molecular weight excluding hydrogens is 404 g/mol. The molecule has 0 radical (unpaired) electrons. The molecule has 1 aromatic heterocycles. The number of aromatic carboxylic acids is 1. The molecule has 2 amide bonds. The van der Waals surface area contributed by atoms with Gasteiger partial charge in [-0.25, -0.2) is 4.79 Å². The monoisotopic (exact) mass is 422 g/mol. The first-order valence-corrected chi connectivity index (χ1v) is 10.0. The Bertz CT molecular complexity index is 1120. The highest BCUT2D eigenvalue weighted by Gasteiger charge is 2.34. The average molecular weight is 422 g/mol. The van der Waals surface area contributed by atoms with Gasteiger partial charge in [-0.15, -0.1) is 11.3 Å². The number of hydrogen-bond donors (Lipinski definition) is 3. The Labute approximate surface area is 176 Å². The summed E-state index contributed by atoms with van der Waals surface area (Å²) in [5, 5.41) is 12.7. The van der Waals surface area contributed by atoms with Crippen LogP contribution >= 0.6 is 11.3 Å². The first kappa shape index (κ1) is 19.7. The molecule has 0 bridgehead atoms. The van der Waals surface area contributed by atoms with Crippen LogP contribution in [-0.4, -0.2) is 29.5 Å². The van der Waals surface area contributed by atoms with Crippen molar-refractivity contribution in [1.29, 1.82) is 0 Å². The number of rotatable bonds is 6. The third kappa shape index (κ3) is 3.77. The standard InChI is InChI=1S/C22H18N2O5S/c23-16(25)11-29-14-8-6-12(7-9-14)15-10-17(26)24-19-18(13-4-2-1-3-5-13)21(22(27)28)30-20(15)19/h1-9,15H,10-11H2,(H2,23,25)(H,24,26)(H,27,28)/t15-/m0/s1. The summed E-state index contributed by atoms with van der Waals surface area (Å²) in [5.41, 5.74) is 7.77. The molecule has 30 heavy (non-hydrogen) atoms. The topological polar surface area (TPSA) is 119 Å². The van der Waals surface area contributed by atoms with E-state index in [0.29, 0.717) is 17.0 Å². The van der Waals surface area contributed by atoms with Gasteiger partial charge in [0, 0.05) is 22.8 Å². The van der Waals surface area contributed by atoms with Crippen LogP contribution in [-0.2, 0) is 9.59 Å². The molecule has 0 saturated carbocycles. The zero-order chi connectivity index (χ0) is 21.3. The SMILES string of the molecule is NC(=O)COc1ccc([C@@H]2CC(=O)Nc3c2sc(C(=O)O)c3-c2ccccc2)cc1. The molecule has 1 aliphatic rings. The van der Waals surface area contributed by atoms with Gasteiger partial charge >= 0.3 is 5.97 Å². The number of amides is 2. The lowest BCUT2D eigenvalue weighted by atomic mass is 9.88. The van der Waals surface area contributed by atoms with Crippen molar-refractivity contribution in [3.63, 3.8) is 0 Å². The smallest absolute Gasteiger partial charge is 0.346 e. The zero-order valence-electron chi connectivity index (χ0n) is 15.8. The van der Waals surface area contributed by atoms with Gasteiger partial charge in [-0.3, -0.25) is 9.59 Å². The van der Waals surface area contributed by atoms with E-state index in [1.165, 1.54) is 11.3 Å². The van der Waals surface area contributed by atoms with Crippen LogP contribution in [0.4, 0.5) is 5.69 Å². The second kappa shape index (κ2) is 8.00. The van der Waals surface area contributed by atoms with Gasteiger partial charge in [0.05, 0.1) is 5.69 Å². The number of carbonyl (C=O) groups is 3. The molecular formula is C22H18N2O5S. The number of primary amides is 1. The molecule has 4 N–H and O–H groups in total. The van der Waals surface area contributed by atoms with E-state index in [2.05, 4.69) is 5.32 Å². The van der Waals surface area contributed by atoms with Gasteiger partial charge in [0.1, 0.15) is 10.6 Å². The fourth-order valence-corrected chi connectivity index (χ4v) is 4.78. The van der Waals surface area contributed by atoms with Gasteiger partial charge in [-0.05, 0) is 23.3 Å². The minimum Gasteiger partial charge on any atom is -0.484 e. The molecule has 0 aliphatic carbocycles. The number of ether oxygens (including phenoxy) is 1. The van der Waals surface area contributed by atoms with Gasteiger partial charge in [0.2, 0.25) is 5.91 Å². The molecule has 3 aromatic rings. The van der Waals surface area contributed by atoms with Crippen LogP contribution in [0.5, 0.6) is 5.75 Å². The van der Waals surface area contributed by atoms with Crippen molar-refractivity contribution in [1.82, 2.24) is 0 Å². The number of carboxylic acids is 1. The Balaban J connectivity index is 1.76. The van der Waals surface area contributed by atoms with E-state index in [4.69, 9.17) is 10.5 Å².